The lowest BCUT2D eigenvalue weighted by molar-refractivity contribution is 0.570. The fourth-order valence-electron chi connectivity index (χ4n) is 1.39. The topological polar surface area (TPSA) is 90.9 Å². The molecule has 0 aliphatic heterocycles. The van der Waals surface area contributed by atoms with Gasteiger partial charge in [0.05, 0.1) is 5.75 Å². The maximum Gasteiger partial charge on any atom is 0.148 e. The van der Waals surface area contributed by atoms with Gasteiger partial charge in [0.25, 0.3) is 0 Å². The lowest BCUT2D eigenvalue weighted by Gasteiger charge is -2.09. The first-order chi connectivity index (χ1) is 6.92. The highest BCUT2D eigenvalue weighted by molar-refractivity contribution is 7.90. The van der Waals surface area contributed by atoms with Gasteiger partial charge in [0.2, 0.25) is 0 Å². The third-order valence-corrected chi connectivity index (χ3v) is 2.99. The van der Waals surface area contributed by atoms with Crippen LogP contribution >= 0.6 is 0 Å². The first-order valence-corrected chi connectivity index (χ1v) is 6.78. The molecule has 6 nitrogen and oxygen atoms in total. The smallest absolute Gasteiger partial charge is 0.148 e. The van der Waals surface area contributed by atoms with Gasteiger partial charge < -0.3 is 5.73 Å². The maximum absolute atomic E-state index is 11.0. The molecular weight excluding hydrogens is 216 g/mol. The van der Waals surface area contributed by atoms with Crippen LogP contribution in [0, 0.1) is 0 Å². The third-order valence-electron chi connectivity index (χ3n) is 1.96. The minimum Gasteiger partial charge on any atom is -0.326 e. The summed E-state index contributed by atoms with van der Waals surface area (Å²) in [5.74, 6) is 0.706. The molecule has 0 bridgehead atoms. The molecule has 86 valence electrons. The maximum atomic E-state index is 11.0. The van der Waals surface area contributed by atoms with E-state index in [9.17, 15) is 8.42 Å². The van der Waals surface area contributed by atoms with E-state index in [0.29, 0.717) is 13.0 Å². The molecule has 1 heterocycles. The molecule has 1 aromatic heterocycles. The lowest BCUT2D eigenvalue weighted by atomic mass is 10.2. The molecule has 0 aliphatic carbocycles. The molecular formula is C8H16N4O2S. The Bertz CT molecular complexity index is 412. The number of aryl methyl sites for hydroxylation is 1. The van der Waals surface area contributed by atoms with Crippen molar-refractivity contribution < 1.29 is 8.42 Å². The zero-order valence-electron chi connectivity index (χ0n) is 8.92. The number of hydrogen-bond donors (Lipinski definition) is 1. The second kappa shape index (κ2) is 4.71. The van der Waals surface area contributed by atoms with Crippen LogP contribution in [0.1, 0.15) is 12.7 Å². The quantitative estimate of drug-likeness (QED) is 0.718. The SMILES string of the molecule is CCn1ncnc1CC(N)CS(C)(=O)=O. The standard InChI is InChI=1S/C8H16N4O2S/c1-3-12-8(10-6-11-12)4-7(9)5-15(2,13)14/h6-7H,3-5,9H2,1-2H3. The molecule has 0 aromatic carbocycles. The average Bonchev–Trinajstić information content (AvgIpc) is 2.48. The molecule has 1 unspecified atom stereocenters. The zero-order valence-corrected chi connectivity index (χ0v) is 9.74. The minimum absolute atomic E-state index is 0.0242. The summed E-state index contributed by atoms with van der Waals surface area (Å²) in [6.45, 7) is 2.65. The Morgan fingerprint density at radius 3 is 2.80 bits per heavy atom. The van der Waals surface area contributed by atoms with Crippen molar-refractivity contribution in [2.24, 2.45) is 5.73 Å². The van der Waals surface area contributed by atoms with Crippen LogP contribution in [0.4, 0.5) is 0 Å². The van der Waals surface area contributed by atoms with Crippen LogP contribution in [0.5, 0.6) is 0 Å². The Balaban J connectivity index is 2.62. The van der Waals surface area contributed by atoms with Crippen molar-refractivity contribution in [2.75, 3.05) is 12.0 Å². The number of nitrogens with two attached hydrogens (primary N) is 1. The van der Waals surface area contributed by atoms with Crippen LogP contribution < -0.4 is 5.73 Å². The largest absolute Gasteiger partial charge is 0.326 e. The van der Waals surface area contributed by atoms with Gasteiger partial charge in [-0.15, -0.1) is 0 Å². The van der Waals surface area contributed by atoms with Gasteiger partial charge in [-0.3, -0.25) is 4.68 Å². The van der Waals surface area contributed by atoms with Crippen LogP contribution in [-0.4, -0.2) is 41.2 Å². The van der Waals surface area contributed by atoms with E-state index in [1.54, 1.807) is 4.68 Å². The molecule has 1 atom stereocenters. The molecule has 2 N–H and O–H groups in total. The third kappa shape index (κ3) is 3.96. The first kappa shape index (κ1) is 12.1. The molecule has 1 aromatic rings. The van der Waals surface area contributed by atoms with Gasteiger partial charge in [-0.1, -0.05) is 0 Å². The molecule has 0 amide bonds. The number of sulfone groups is 1. The Morgan fingerprint density at radius 1 is 1.60 bits per heavy atom. The molecule has 7 heteroatoms. The van der Waals surface area contributed by atoms with Gasteiger partial charge in [0.1, 0.15) is 22.0 Å². The Morgan fingerprint density at radius 2 is 2.27 bits per heavy atom. The van der Waals surface area contributed by atoms with E-state index < -0.39 is 15.9 Å². The summed E-state index contributed by atoms with van der Waals surface area (Å²) < 4.78 is 23.7. The molecule has 0 saturated carbocycles. The number of rotatable bonds is 5. The summed E-state index contributed by atoms with van der Waals surface area (Å²) in [7, 11) is -3.03. The van der Waals surface area contributed by atoms with Crippen LogP contribution in [0.25, 0.3) is 0 Å². The fourth-order valence-corrected chi connectivity index (χ4v) is 2.29. The van der Waals surface area contributed by atoms with Gasteiger partial charge in [-0.25, -0.2) is 13.4 Å². The predicted octanol–water partition coefficient (Wildman–Crippen LogP) is -0.788. The van der Waals surface area contributed by atoms with E-state index >= 15 is 0 Å². The van der Waals surface area contributed by atoms with Crippen LogP contribution in [0.15, 0.2) is 6.33 Å². The van der Waals surface area contributed by atoms with Crippen LogP contribution in [-0.2, 0) is 22.8 Å². The fraction of sp³-hybridized carbons (Fsp3) is 0.750. The van der Waals surface area contributed by atoms with Crippen molar-refractivity contribution in [3.63, 3.8) is 0 Å². The van der Waals surface area contributed by atoms with Crippen molar-refractivity contribution in [1.29, 1.82) is 0 Å². The Kier molecular flexibility index (Phi) is 3.81. The number of nitrogens with zero attached hydrogens (tertiary/aromatic N) is 3. The van der Waals surface area contributed by atoms with E-state index in [4.69, 9.17) is 5.73 Å². The summed E-state index contributed by atoms with van der Waals surface area (Å²) in [6, 6.07) is -0.422. The van der Waals surface area contributed by atoms with Gasteiger partial charge in [0, 0.05) is 25.3 Å². The summed E-state index contributed by atoms with van der Waals surface area (Å²) in [4.78, 5) is 4.03. The molecule has 0 aliphatic rings. The first-order valence-electron chi connectivity index (χ1n) is 4.72. The summed E-state index contributed by atoms with van der Waals surface area (Å²) in [5.41, 5.74) is 5.71. The van der Waals surface area contributed by atoms with Gasteiger partial charge in [0.15, 0.2) is 0 Å². The van der Waals surface area contributed by atoms with Gasteiger partial charge in [-0.2, -0.15) is 5.10 Å². The highest BCUT2D eigenvalue weighted by atomic mass is 32.2. The van der Waals surface area contributed by atoms with Crippen LogP contribution in [0.3, 0.4) is 0 Å². The highest BCUT2D eigenvalue weighted by Gasteiger charge is 2.14. The second-order valence-electron chi connectivity index (χ2n) is 3.55. The van der Waals surface area contributed by atoms with E-state index in [0.717, 1.165) is 5.82 Å². The average molecular weight is 232 g/mol. The molecule has 0 radical (unpaired) electrons. The van der Waals surface area contributed by atoms with Crippen molar-refractivity contribution >= 4 is 9.84 Å². The Hall–Kier alpha value is -0.950. The van der Waals surface area contributed by atoms with E-state index in [1.165, 1.54) is 12.6 Å². The van der Waals surface area contributed by atoms with Gasteiger partial charge in [-0.05, 0) is 6.92 Å². The molecule has 0 spiro atoms. The van der Waals surface area contributed by atoms with E-state index in [1.807, 2.05) is 6.92 Å². The van der Waals surface area contributed by atoms with Crippen molar-refractivity contribution in [3.05, 3.63) is 12.2 Å². The summed E-state index contributed by atoms with van der Waals surface area (Å²) >= 11 is 0. The molecule has 1 rings (SSSR count). The number of hydrogen-bond acceptors (Lipinski definition) is 5. The van der Waals surface area contributed by atoms with Crippen molar-refractivity contribution in [1.82, 2.24) is 14.8 Å². The minimum atomic E-state index is -3.03. The Labute approximate surface area is 89.4 Å². The summed E-state index contributed by atoms with van der Waals surface area (Å²) in [6.07, 6.45) is 3.06. The van der Waals surface area contributed by atoms with Gasteiger partial charge >= 0.3 is 0 Å². The monoisotopic (exact) mass is 232 g/mol. The number of aromatic nitrogens is 3. The predicted molar refractivity (Wildman–Crippen MR) is 57.1 cm³/mol. The van der Waals surface area contributed by atoms with E-state index in [2.05, 4.69) is 10.1 Å². The normalized spacial score (nSPS) is 14.1. The zero-order chi connectivity index (χ0) is 11.5. The summed E-state index contributed by atoms with van der Waals surface area (Å²) in [5, 5.41) is 3.98. The van der Waals surface area contributed by atoms with Crippen LogP contribution in [0.2, 0.25) is 0 Å². The highest BCUT2D eigenvalue weighted by Crippen LogP contribution is 2.00. The molecule has 0 saturated heterocycles. The van der Waals surface area contributed by atoms with E-state index in [-0.39, 0.29) is 5.75 Å². The van der Waals surface area contributed by atoms with Crippen molar-refractivity contribution in [2.45, 2.75) is 25.9 Å². The van der Waals surface area contributed by atoms with Crippen molar-refractivity contribution in [3.8, 4) is 0 Å². The lowest BCUT2D eigenvalue weighted by Crippen LogP contribution is -2.32. The molecule has 15 heavy (non-hydrogen) atoms. The second-order valence-corrected chi connectivity index (χ2v) is 5.73. The molecule has 0 fully saturated rings.